The van der Waals surface area contributed by atoms with Crippen molar-refractivity contribution in [2.45, 2.75) is 45.4 Å². The summed E-state index contributed by atoms with van der Waals surface area (Å²) in [4.78, 5) is 12.4. The number of Topliss-reactive ketones (excluding diaryl/α,β-unsaturated/α-hetero) is 1. The molecule has 0 saturated carbocycles. The van der Waals surface area contributed by atoms with E-state index in [0.29, 0.717) is 11.4 Å². The Morgan fingerprint density at radius 2 is 2.07 bits per heavy atom. The molecule has 0 N–H and O–H groups in total. The molecule has 0 bridgehead atoms. The number of carbonyl (C=O) groups is 1. The Hall–Kier alpha value is -0.340. The minimum absolute atomic E-state index is 0.200. The summed E-state index contributed by atoms with van der Waals surface area (Å²) in [5.74, 6) is 0.200. The maximum Gasteiger partial charge on any atom is 0.174 e. The highest BCUT2D eigenvalue weighted by atomic mass is 35.5. The number of hydrogen-bond donors (Lipinski definition) is 0. The Kier molecular flexibility index (Phi) is 5.96. The van der Waals surface area contributed by atoms with Gasteiger partial charge < -0.3 is 0 Å². The molecule has 1 rings (SSSR count). The number of unbranched alkanes of at least 4 members (excludes halogenated alkanes) is 4. The van der Waals surface area contributed by atoms with Gasteiger partial charge in [-0.1, -0.05) is 44.2 Å². The van der Waals surface area contributed by atoms with E-state index in [-0.39, 0.29) is 5.78 Å². The molecule has 0 radical (unpaired) electrons. The number of thiophene rings is 1. The predicted octanol–water partition coefficient (Wildman–Crippen LogP) is 4.94. The van der Waals surface area contributed by atoms with Crippen molar-refractivity contribution in [2.24, 2.45) is 0 Å². The van der Waals surface area contributed by atoms with Crippen LogP contribution in [0.4, 0.5) is 0 Å². The van der Waals surface area contributed by atoms with Gasteiger partial charge >= 0.3 is 0 Å². The fraction of sp³-hybridized carbons (Fsp3) is 0.583. The molecule has 0 saturated heterocycles. The van der Waals surface area contributed by atoms with Crippen molar-refractivity contribution < 1.29 is 4.79 Å². The highest BCUT2D eigenvalue weighted by Crippen LogP contribution is 2.24. The van der Waals surface area contributed by atoms with E-state index < -0.39 is 0 Å². The molecule has 0 amide bonds. The molecular weight excluding hydrogens is 228 g/mol. The molecule has 0 atom stereocenters. The van der Waals surface area contributed by atoms with Crippen LogP contribution in [0.2, 0.25) is 5.02 Å². The minimum Gasteiger partial charge on any atom is -0.293 e. The molecule has 0 aliphatic rings. The third kappa shape index (κ3) is 4.35. The lowest BCUT2D eigenvalue weighted by Gasteiger charge is -1.99. The smallest absolute Gasteiger partial charge is 0.174 e. The van der Waals surface area contributed by atoms with Crippen molar-refractivity contribution in [2.75, 3.05) is 0 Å². The molecule has 3 heteroatoms. The van der Waals surface area contributed by atoms with Gasteiger partial charge in [-0.15, -0.1) is 11.3 Å². The van der Waals surface area contributed by atoms with Gasteiger partial charge in [0.05, 0.1) is 9.90 Å². The first-order valence-electron chi connectivity index (χ1n) is 5.52. The van der Waals surface area contributed by atoms with Gasteiger partial charge in [-0.3, -0.25) is 4.79 Å². The average Bonchev–Trinajstić information content (AvgIpc) is 2.64. The first-order chi connectivity index (χ1) is 7.25. The summed E-state index contributed by atoms with van der Waals surface area (Å²) in [5, 5.41) is 2.48. The fourth-order valence-electron chi connectivity index (χ4n) is 1.50. The fourth-order valence-corrected chi connectivity index (χ4v) is 2.63. The normalized spacial score (nSPS) is 10.5. The van der Waals surface area contributed by atoms with Crippen molar-refractivity contribution in [3.05, 3.63) is 21.3 Å². The van der Waals surface area contributed by atoms with Crippen molar-refractivity contribution >= 4 is 28.7 Å². The lowest BCUT2D eigenvalue weighted by atomic mass is 10.1. The van der Waals surface area contributed by atoms with Gasteiger partial charge in [-0.25, -0.2) is 0 Å². The number of halogens is 1. The molecule has 1 nitrogen and oxygen atoms in total. The van der Waals surface area contributed by atoms with E-state index in [0.717, 1.165) is 17.7 Å². The van der Waals surface area contributed by atoms with Gasteiger partial charge in [0.1, 0.15) is 0 Å². The summed E-state index contributed by atoms with van der Waals surface area (Å²) >= 11 is 7.33. The van der Waals surface area contributed by atoms with Crippen LogP contribution in [0.3, 0.4) is 0 Å². The van der Waals surface area contributed by atoms with Crippen molar-refractivity contribution in [3.8, 4) is 0 Å². The van der Waals surface area contributed by atoms with Crippen molar-refractivity contribution in [3.63, 3.8) is 0 Å². The van der Waals surface area contributed by atoms with E-state index in [1.807, 2.05) is 5.38 Å². The van der Waals surface area contributed by atoms with Crippen LogP contribution < -0.4 is 0 Å². The van der Waals surface area contributed by atoms with Crippen LogP contribution in [-0.4, -0.2) is 5.78 Å². The van der Waals surface area contributed by atoms with E-state index in [9.17, 15) is 4.79 Å². The van der Waals surface area contributed by atoms with Crippen molar-refractivity contribution in [1.82, 2.24) is 0 Å². The third-order valence-electron chi connectivity index (χ3n) is 2.38. The van der Waals surface area contributed by atoms with Crippen LogP contribution in [0.25, 0.3) is 0 Å². The molecule has 0 aromatic carbocycles. The molecule has 1 heterocycles. The first kappa shape index (κ1) is 12.7. The third-order valence-corrected chi connectivity index (χ3v) is 3.76. The monoisotopic (exact) mass is 244 g/mol. The Morgan fingerprint density at radius 3 is 2.67 bits per heavy atom. The summed E-state index contributed by atoms with van der Waals surface area (Å²) in [6.07, 6.45) is 6.54. The second kappa shape index (κ2) is 7.02. The molecule has 0 spiro atoms. The van der Waals surface area contributed by atoms with Gasteiger partial charge in [0.2, 0.25) is 0 Å². The van der Waals surface area contributed by atoms with Gasteiger partial charge in [-0.05, 0) is 17.9 Å². The van der Waals surface area contributed by atoms with E-state index in [4.69, 9.17) is 11.6 Å². The van der Waals surface area contributed by atoms with Crippen LogP contribution in [0, 0.1) is 0 Å². The van der Waals surface area contributed by atoms with Crippen LogP contribution in [0.5, 0.6) is 0 Å². The number of rotatable bonds is 7. The summed E-state index contributed by atoms with van der Waals surface area (Å²) in [6.45, 7) is 2.19. The largest absolute Gasteiger partial charge is 0.293 e. The number of carbonyl (C=O) groups excluding carboxylic acids is 1. The SMILES string of the molecule is CCCCCCCC(=O)c1sccc1Cl. The number of hydrogen-bond acceptors (Lipinski definition) is 2. The second-order valence-electron chi connectivity index (χ2n) is 3.69. The summed E-state index contributed by atoms with van der Waals surface area (Å²) in [6, 6.07) is 1.79. The molecule has 1 aromatic heterocycles. The Morgan fingerprint density at radius 1 is 1.33 bits per heavy atom. The van der Waals surface area contributed by atoms with Crippen LogP contribution in [0.1, 0.15) is 55.1 Å². The predicted molar refractivity (Wildman–Crippen MR) is 67.0 cm³/mol. The maximum atomic E-state index is 11.7. The maximum absolute atomic E-state index is 11.7. The van der Waals surface area contributed by atoms with Gasteiger partial charge in [0.15, 0.2) is 5.78 Å². The summed E-state index contributed by atoms with van der Waals surface area (Å²) in [5.41, 5.74) is 0. The van der Waals surface area contributed by atoms with E-state index in [1.54, 1.807) is 6.07 Å². The average molecular weight is 245 g/mol. The second-order valence-corrected chi connectivity index (χ2v) is 5.01. The zero-order valence-electron chi connectivity index (χ0n) is 9.09. The Labute approximate surface area is 100 Å². The summed E-state index contributed by atoms with van der Waals surface area (Å²) < 4.78 is 0. The van der Waals surface area contributed by atoms with Crippen LogP contribution in [0.15, 0.2) is 11.4 Å². The van der Waals surface area contributed by atoms with Crippen molar-refractivity contribution in [1.29, 1.82) is 0 Å². The summed E-state index contributed by atoms with van der Waals surface area (Å²) in [7, 11) is 0. The quantitative estimate of drug-likeness (QED) is 0.490. The van der Waals surface area contributed by atoms with Gasteiger partial charge in [-0.2, -0.15) is 0 Å². The van der Waals surface area contributed by atoms with Crippen LogP contribution in [-0.2, 0) is 0 Å². The van der Waals surface area contributed by atoms with Gasteiger partial charge in [0.25, 0.3) is 0 Å². The number of ketones is 1. The van der Waals surface area contributed by atoms with Crippen LogP contribution >= 0.6 is 22.9 Å². The minimum atomic E-state index is 0.200. The Bertz CT molecular complexity index is 306. The lowest BCUT2D eigenvalue weighted by Crippen LogP contribution is -1.96. The zero-order chi connectivity index (χ0) is 11.1. The Balaban J connectivity index is 2.22. The zero-order valence-corrected chi connectivity index (χ0v) is 10.7. The van der Waals surface area contributed by atoms with E-state index in [1.165, 1.54) is 30.6 Å². The van der Waals surface area contributed by atoms with E-state index in [2.05, 4.69) is 6.92 Å². The highest BCUT2D eigenvalue weighted by Gasteiger charge is 2.10. The highest BCUT2D eigenvalue weighted by molar-refractivity contribution is 7.12. The molecular formula is C12H17ClOS. The molecule has 15 heavy (non-hydrogen) atoms. The molecule has 1 aromatic rings. The molecule has 0 aliphatic carbocycles. The molecule has 0 fully saturated rings. The van der Waals surface area contributed by atoms with Gasteiger partial charge in [0, 0.05) is 6.42 Å². The molecule has 0 unspecified atom stereocenters. The van der Waals surface area contributed by atoms with E-state index >= 15 is 0 Å². The topological polar surface area (TPSA) is 17.1 Å². The standard InChI is InChI=1S/C12H17ClOS/c1-2-3-4-5-6-7-11(14)12-10(13)8-9-15-12/h8-9H,2-7H2,1H3. The lowest BCUT2D eigenvalue weighted by molar-refractivity contribution is 0.0983. The molecule has 0 aliphatic heterocycles. The molecule has 84 valence electrons. The first-order valence-corrected chi connectivity index (χ1v) is 6.77.